The number of nitrogens with zero attached hydrogens (tertiary/aromatic N) is 3. The number of benzene rings is 1. The first kappa shape index (κ1) is 10.0. The van der Waals surface area contributed by atoms with E-state index in [4.69, 9.17) is 11.6 Å². The topological polar surface area (TPSA) is 63.6 Å². The van der Waals surface area contributed by atoms with Gasteiger partial charge in [0.05, 0.1) is 10.9 Å². The molecule has 0 bridgehead atoms. The molecule has 1 N–H and O–H groups in total. The number of para-hydroxylation sites is 1. The Bertz CT molecular complexity index is 733. The summed E-state index contributed by atoms with van der Waals surface area (Å²) in [6, 6.07) is 8.71. The predicted octanol–water partition coefficient (Wildman–Crippen LogP) is 1.76. The van der Waals surface area contributed by atoms with Gasteiger partial charge in [0.15, 0.2) is 5.82 Å². The third-order valence-electron chi connectivity index (χ3n) is 2.45. The molecule has 1 aromatic carbocycles. The summed E-state index contributed by atoms with van der Waals surface area (Å²) in [7, 11) is 0. The van der Waals surface area contributed by atoms with Crippen molar-refractivity contribution in [2.45, 2.75) is 0 Å². The first-order valence-electron chi connectivity index (χ1n) is 4.95. The number of fused-ring (bicyclic) bond motifs is 1. The zero-order valence-electron chi connectivity index (χ0n) is 8.59. The van der Waals surface area contributed by atoms with Crippen LogP contribution in [0.1, 0.15) is 0 Å². The van der Waals surface area contributed by atoms with E-state index in [9.17, 15) is 4.79 Å². The van der Waals surface area contributed by atoms with Crippen molar-refractivity contribution in [3.05, 3.63) is 52.2 Å². The molecule has 3 rings (SSSR count). The van der Waals surface area contributed by atoms with Gasteiger partial charge in [-0.05, 0) is 23.7 Å². The summed E-state index contributed by atoms with van der Waals surface area (Å²) in [5, 5.41) is 7.17. The standard InChI is InChI=1S/C11H7ClN4O/c12-11-14-8-4-2-1-3-7(8)10(17)16(11)9-5-6-13-15-9/h1-6H,(H,13,15). The lowest BCUT2D eigenvalue weighted by Crippen LogP contribution is -2.20. The smallest absolute Gasteiger partial charge is 0.268 e. The fourth-order valence-electron chi connectivity index (χ4n) is 1.68. The molecule has 0 saturated carbocycles. The quantitative estimate of drug-likeness (QED) is 0.666. The highest BCUT2D eigenvalue weighted by Crippen LogP contribution is 2.14. The number of H-pyrrole nitrogens is 1. The van der Waals surface area contributed by atoms with E-state index in [-0.39, 0.29) is 10.8 Å². The Balaban J connectivity index is 2.44. The fraction of sp³-hybridized carbons (Fsp3) is 0. The van der Waals surface area contributed by atoms with Crippen molar-refractivity contribution in [2.24, 2.45) is 0 Å². The van der Waals surface area contributed by atoms with Gasteiger partial charge >= 0.3 is 0 Å². The van der Waals surface area contributed by atoms with Crippen LogP contribution in [0.3, 0.4) is 0 Å². The Labute approximate surface area is 101 Å². The molecule has 6 heteroatoms. The normalized spacial score (nSPS) is 10.9. The lowest BCUT2D eigenvalue weighted by Gasteiger charge is -2.05. The second kappa shape index (κ2) is 3.71. The lowest BCUT2D eigenvalue weighted by molar-refractivity contribution is 0.902. The molecule has 2 heterocycles. The highest BCUT2D eigenvalue weighted by molar-refractivity contribution is 6.29. The molecule has 3 aromatic rings. The van der Waals surface area contributed by atoms with Crippen LogP contribution < -0.4 is 5.56 Å². The van der Waals surface area contributed by atoms with Crippen LogP contribution in [0.5, 0.6) is 0 Å². The number of halogens is 1. The summed E-state index contributed by atoms with van der Waals surface area (Å²) in [5.74, 6) is 0.429. The van der Waals surface area contributed by atoms with E-state index in [1.807, 2.05) is 6.07 Å². The molecular formula is C11H7ClN4O. The number of nitrogens with one attached hydrogen (secondary N) is 1. The molecule has 0 aliphatic rings. The Hall–Kier alpha value is -2.14. The van der Waals surface area contributed by atoms with Crippen LogP contribution in [0, 0.1) is 0 Å². The van der Waals surface area contributed by atoms with Gasteiger partial charge in [0, 0.05) is 12.3 Å². The lowest BCUT2D eigenvalue weighted by atomic mass is 10.2. The first-order valence-corrected chi connectivity index (χ1v) is 5.32. The molecule has 0 unspecified atom stereocenters. The molecule has 84 valence electrons. The van der Waals surface area contributed by atoms with E-state index in [0.29, 0.717) is 16.7 Å². The van der Waals surface area contributed by atoms with Gasteiger partial charge in [-0.1, -0.05) is 12.1 Å². The number of aromatic amines is 1. The van der Waals surface area contributed by atoms with Gasteiger partial charge in [-0.2, -0.15) is 5.10 Å². The monoisotopic (exact) mass is 246 g/mol. The van der Waals surface area contributed by atoms with Crippen molar-refractivity contribution < 1.29 is 0 Å². The van der Waals surface area contributed by atoms with Crippen LogP contribution >= 0.6 is 11.6 Å². The van der Waals surface area contributed by atoms with E-state index in [1.165, 1.54) is 4.57 Å². The molecule has 0 atom stereocenters. The second-order valence-electron chi connectivity index (χ2n) is 3.47. The molecule has 0 spiro atoms. The van der Waals surface area contributed by atoms with Gasteiger partial charge < -0.3 is 0 Å². The van der Waals surface area contributed by atoms with Gasteiger partial charge in [0.1, 0.15) is 0 Å². The largest absolute Gasteiger partial charge is 0.284 e. The first-order chi connectivity index (χ1) is 8.27. The van der Waals surface area contributed by atoms with Crippen LogP contribution in [0.25, 0.3) is 16.7 Å². The van der Waals surface area contributed by atoms with Gasteiger partial charge in [0.2, 0.25) is 5.28 Å². The Morgan fingerprint density at radius 3 is 2.82 bits per heavy atom. The van der Waals surface area contributed by atoms with Gasteiger partial charge in [0.25, 0.3) is 5.56 Å². The minimum atomic E-state index is -0.229. The molecule has 0 fully saturated rings. The zero-order chi connectivity index (χ0) is 11.8. The molecular weight excluding hydrogens is 240 g/mol. The fourth-order valence-corrected chi connectivity index (χ4v) is 1.94. The summed E-state index contributed by atoms with van der Waals surface area (Å²) < 4.78 is 1.26. The predicted molar refractivity (Wildman–Crippen MR) is 64.5 cm³/mol. The van der Waals surface area contributed by atoms with E-state index >= 15 is 0 Å². The SMILES string of the molecule is O=c1c2ccccc2nc(Cl)n1-c1cc[nH]n1. The molecule has 0 saturated heterocycles. The minimum absolute atomic E-state index is 0.0980. The van der Waals surface area contributed by atoms with Crippen LogP contribution in [0.15, 0.2) is 41.3 Å². The van der Waals surface area contributed by atoms with Crippen molar-refractivity contribution in [1.82, 2.24) is 19.7 Å². The summed E-state index contributed by atoms with van der Waals surface area (Å²) in [6.45, 7) is 0. The van der Waals surface area contributed by atoms with Gasteiger partial charge in [-0.15, -0.1) is 0 Å². The Morgan fingerprint density at radius 1 is 1.24 bits per heavy atom. The average Bonchev–Trinajstić information content (AvgIpc) is 2.83. The number of rotatable bonds is 1. The van der Waals surface area contributed by atoms with E-state index in [2.05, 4.69) is 15.2 Å². The highest BCUT2D eigenvalue weighted by atomic mass is 35.5. The van der Waals surface area contributed by atoms with Crippen molar-refractivity contribution in [1.29, 1.82) is 0 Å². The molecule has 5 nitrogen and oxygen atoms in total. The van der Waals surface area contributed by atoms with Crippen LogP contribution in [0.4, 0.5) is 0 Å². The number of hydrogen-bond acceptors (Lipinski definition) is 3. The van der Waals surface area contributed by atoms with Crippen LogP contribution in [-0.2, 0) is 0 Å². The minimum Gasteiger partial charge on any atom is -0.284 e. The Morgan fingerprint density at radius 2 is 2.06 bits per heavy atom. The summed E-state index contributed by atoms with van der Waals surface area (Å²) in [4.78, 5) is 16.4. The van der Waals surface area contributed by atoms with Crippen LogP contribution in [0.2, 0.25) is 5.28 Å². The summed E-state index contributed by atoms with van der Waals surface area (Å²) in [5.41, 5.74) is 0.349. The maximum atomic E-state index is 12.2. The average molecular weight is 247 g/mol. The summed E-state index contributed by atoms with van der Waals surface area (Å²) >= 11 is 6.00. The van der Waals surface area contributed by atoms with Crippen molar-refractivity contribution in [2.75, 3.05) is 0 Å². The second-order valence-corrected chi connectivity index (χ2v) is 3.81. The third-order valence-corrected chi connectivity index (χ3v) is 2.70. The van der Waals surface area contributed by atoms with Gasteiger partial charge in [-0.25, -0.2) is 9.55 Å². The van der Waals surface area contributed by atoms with Gasteiger partial charge in [-0.3, -0.25) is 9.89 Å². The van der Waals surface area contributed by atoms with E-state index < -0.39 is 0 Å². The zero-order valence-corrected chi connectivity index (χ0v) is 9.35. The van der Waals surface area contributed by atoms with E-state index in [1.54, 1.807) is 30.5 Å². The summed E-state index contributed by atoms with van der Waals surface area (Å²) in [6.07, 6.45) is 1.62. The van der Waals surface area contributed by atoms with E-state index in [0.717, 1.165) is 0 Å². The molecule has 0 aliphatic heterocycles. The van der Waals surface area contributed by atoms with Crippen molar-refractivity contribution in [3.63, 3.8) is 0 Å². The Kier molecular flexibility index (Phi) is 2.19. The molecule has 2 aromatic heterocycles. The van der Waals surface area contributed by atoms with Crippen LogP contribution in [-0.4, -0.2) is 19.7 Å². The molecule has 0 radical (unpaired) electrons. The van der Waals surface area contributed by atoms with Crippen molar-refractivity contribution >= 4 is 22.5 Å². The maximum absolute atomic E-state index is 12.2. The molecule has 17 heavy (non-hydrogen) atoms. The number of aromatic nitrogens is 4. The third kappa shape index (κ3) is 1.52. The van der Waals surface area contributed by atoms with Crippen molar-refractivity contribution in [3.8, 4) is 5.82 Å². The molecule has 0 amide bonds. The highest BCUT2D eigenvalue weighted by Gasteiger charge is 2.11. The number of hydrogen-bond donors (Lipinski definition) is 1. The maximum Gasteiger partial charge on any atom is 0.268 e. The molecule has 0 aliphatic carbocycles.